The average molecular weight is 277 g/mol. The van der Waals surface area contributed by atoms with E-state index >= 15 is 0 Å². The number of hydrogen-bond donors (Lipinski definition) is 2. The Kier molecular flexibility index (Phi) is 7.19. The van der Waals surface area contributed by atoms with Crippen LogP contribution in [0.15, 0.2) is 24.3 Å². The van der Waals surface area contributed by atoms with Gasteiger partial charge in [0.2, 0.25) is 5.91 Å². The van der Waals surface area contributed by atoms with Crippen LogP contribution in [0.3, 0.4) is 0 Å². The second-order valence-corrected chi connectivity index (χ2v) is 4.49. The Balaban J connectivity index is 0.00000256. The third-order valence-corrected chi connectivity index (χ3v) is 2.80. The molecule has 0 aliphatic rings. The molecule has 3 N–H and O–H groups in total. The summed E-state index contributed by atoms with van der Waals surface area (Å²) in [7, 11) is 0. The molecular formula is C12H18Cl2N2O. The van der Waals surface area contributed by atoms with Crippen LogP contribution in [0, 0.1) is 5.92 Å². The highest BCUT2D eigenvalue weighted by atomic mass is 35.5. The number of carbonyl (C=O) groups is 1. The van der Waals surface area contributed by atoms with E-state index in [2.05, 4.69) is 5.32 Å². The van der Waals surface area contributed by atoms with Gasteiger partial charge in [0.15, 0.2) is 0 Å². The highest BCUT2D eigenvalue weighted by molar-refractivity contribution is 6.31. The number of halogens is 2. The molecule has 1 amide bonds. The summed E-state index contributed by atoms with van der Waals surface area (Å²) in [6, 6.07) is 6.94. The Labute approximate surface area is 113 Å². The molecule has 0 bridgehead atoms. The number of hydrogen-bond acceptors (Lipinski definition) is 2. The first-order valence-corrected chi connectivity index (χ1v) is 5.67. The Bertz CT molecular complexity index is 369. The highest BCUT2D eigenvalue weighted by Crippen LogP contribution is 2.14. The van der Waals surface area contributed by atoms with E-state index in [1.54, 1.807) is 6.07 Å². The van der Waals surface area contributed by atoms with Crippen LogP contribution >= 0.6 is 24.0 Å². The van der Waals surface area contributed by atoms with Gasteiger partial charge in [-0.25, -0.2) is 0 Å². The molecule has 0 radical (unpaired) electrons. The van der Waals surface area contributed by atoms with E-state index in [4.69, 9.17) is 17.3 Å². The van der Waals surface area contributed by atoms with Crippen LogP contribution in [0.25, 0.3) is 0 Å². The summed E-state index contributed by atoms with van der Waals surface area (Å²) in [4.78, 5) is 11.6. The van der Waals surface area contributed by atoms with Crippen LogP contribution in [-0.4, -0.2) is 11.9 Å². The van der Waals surface area contributed by atoms with Gasteiger partial charge in [0, 0.05) is 11.6 Å². The second-order valence-electron chi connectivity index (χ2n) is 4.08. The zero-order valence-electron chi connectivity index (χ0n) is 9.94. The van der Waals surface area contributed by atoms with Crippen LogP contribution in [0.4, 0.5) is 0 Å². The lowest BCUT2D eigenvalue weighted by atomic mass is 10.0. The molecule has 1 rings (SSSR count). The predicted molar refractivity (Wildman–Crippen MR) is 73.4 cm³/mol. The molecule has 0 heterocycles. The number of amides is 1. The monoisotopic (exact) mass is 276 g/mol. The molecule has 5 heteroatoms. The van der Waals surface area contributed by atoms with Crippen molar-refractivity contribution in [3.05, 3.63) is 34.9 Å². The molecule has 0 saturated heterocycles. The molecule has 17 heavy (non-hydrogen) atoms. The lowest BCUT2D eigenvalue weighted by Crippen LogP contribution is -2.43. The van der Waals surface area contributed by atoms with Crippen molar-refractivity contribution >= 4 is 29.9 Å². The van der Waals surface area contributed by atoms with E-state index in [0.29, 0.717) is 11.6 Å². The maximum Gasteiger partial charge on any atom is 0.237 e. The van der Waals surface area contributed by atoms with Gasteiger partial charge in [-0.15, -0.1) is 12.4 Å². The van der Waals surface area contributed by atoms with Crippen molar-refractivity contribution in [3.63, 3.8) is 0 Å². The number of carbonyl (C=O) groups excluding carboxylic acids is 1. The SMILES string of the molecule is CC(C)C(N)C(=O)NCc1ccccc1Cl.Cl. The Hall–Kier alpha value is -0.770. The van der Waals surface area contributed by atoms with Gasteiger partial charge in [0.25, 0.3) is 0 Å². The molecule has 0 aliphatic carbocycles. The largest absolute Gasteiger partial charge is 0.351 e. The summed E-state index contributed by atoms with van der Waals surface area (Å²) in [6.07, 6.45) is 0. The average Bonchev–Trinajstić information content (AvgIpc) is 2.26. The van der Waals surface area contributed by atoms with Crippen molar-refractivity contribution in [1.29, 1.82) is 0 Å². The normalized spacial score (nSPS) is 11.8. The smallest absolute Gasteiger partial charge is 0.237 e. The summed E-state index contributed by atoms with van der Waals surface area (Å²) >= 11 is 5.97. The summed E-state index contributed by atoms with van der Waals surface area (Å²) in [5.74, 6) is -0.0128. The first kappa shape index (κ1) is 16.2. The fraction of sp³-hybridized carbons (Fsp3) is 0.417. The standard InChI is InChI=1S/C12H17ClN2O.ClH/c1-8(2)11(14)12(16)15-7-9-5-3-4-6-10(9)13;/h3-6,8,11H,7,14H2,1-2H3,(H,15,16);1H. The highest BCUT2D eigenvalue weighted by Gasteiger charge is 2.16. The lowest BCUT2D eigenvalue weighted by molar-refractivity contribution is -0.123. The Morgan fingerprint density at radius 1 is 1.41 bits per heavy atom. The first-order chi connectivity index (χ1) is 7.52. The maximum atomic E-state index is 11.6. The van der Waals surface area contributed by atoms with Crippen molar-refractivity contribution in [3.8, 4) is 0 Å². The van der Waals surface area contributed by atoms with Crippen molar-refractivity contribution < 1.29 is 4.79 Å². The minimum Gasteiger partial charge on any atom is -0.351 e. The fourth-order valence-corrected chi connectivity index (χ4v) is 1.45. The minimum absolute atomic E-state index is 0. The van der Waals surface area contributed by atoms with Gasteiger partial charge in [-0.1, -0.05) is 43.6 Å². The number of benzene rings is 1. The summed E-state index contributed by atoms with van der Waals surface area (Å²) in [5.41, 5.74) is 6.61. The quantitative estimate of drug-likeness (QED) is 0.887. The van der Waals surface area contributed by atoms with E-state index in [0.717, 1.165) is 5.56 Å². The van der Waals surface area contributed by atoms with E-state index in [-0.39, 0.29) is 24.2 Å². The lowest BCUT2D eigenvalue weighted by Gasteiger charge is -2.15. The third kappa shape index (κ3) is 4.94. The number of nitrogens with two attached hydrogens (primary N) is 1. The molecule has 1 aromatic carbocycles. The Morgan fingerprint density at radius 2 is 2.00 bits per heavy atom. The van der Waals surface area contributed by atoms with Crippen LogP contribution < -0.4 is 11.1 Å². The van der Waals surface area contributed by atoms with Gasteiger partial charge < -0.3 is 11.1 Å². The molecule has 0 spiro atoms. The molecule has 0 saturated carbocycles. The number of rotatable bonds is 4. The van der Waals surface area contributed by atoms with E-state index in [9.17, 15) is 4.79 Å². The van der Waals surface area contributed by atoms with Crippen molar-refractivity contribution in [2.45, 2.75) is 26.4 Å². The van der Waals surface area contributed by atoms with E-state index in [1.165, 1.54) is 0 Å². The maximum absolute atomic E-state index is 11.6. The van der Waals surface area contributed by atoms with Crippen LogP contribution in [0.1, 0.15) is 19.4 Å². The van der Waals surface area contributed by atoms with E-state index in [1.807, 2.05) is 32.0 Å². The molecule has 0 aromatic heterocycles. The van der Waals surface area contributed by atoms with Gasteiger partial charge in [0.1, 0.15) is 0 Å². The molecule has 1 unspecified atom stereocenters. The molecule has 3 nitrogen and oxygen atoms in total. The summed E-state index contributed by atoms with van der Waals surface area (Å²) in [5, 5.41) is 3.43. The molecule has 96 valence electrons. The van der Waals surface area contributed by atoms with E-state index < -0.39 is 6.04 Å². The molecule has 0 fully saturated rings. The second kappa shape index (κ2) is 7.54. The fourth-order valence-electron chi connectivity index (χ4n) is 1.24. The van der Waals surface area contributed by atoms with Gasteiger partial charge >= 0.3 is 0 Å². The Morgan fingerprint density at radius 3 is 2.53 bits per heavy atom. The molecule has 1 atom stereocenters. The zero-order chi connectivity index (χ0) is 12.1. The topological polar surface area (TPSA) is 55.1 Å². The van der Waals surface area contributed by atoms with Crippen molar-refractivity contribution in [1.82, 2.24) is 5.32 Å². The van der Waals surface area contributed by atoms with Crippen molar-refractivity contribution in [2.75, 3.05) is 0 Å². The first-order valence-electron chi connectivity index (χ1n) is 5.29. The van der Waals surface area contributed by atoms with Gasteiger partial charge in [0.05, 0.1) is 6.04 Å². The predicted octanol–water partition coefficient (Wildman–Crippen LogP) is 2.36. The van der Waals surface area contributed by atoms with Gasteiger partial charge in [-0.05, 0) is 17.5 Å². The van der Waals surface area contributed by atoms with Crippen LogP contribution in [0.5, 0.6) is 0 Å². The molecule has 0 aliphatic heterocycles. The molecule has 1 aromatic rings. The third-order valence-electron chi connectivity index (χ3n) is 2.43. The van der Waals surface area contributed by atoms with Gasteiger partial charge in [-0.2, -0.15) is 0 Å². The van der Waals surface area contributed by atoms with Crippen molar-refractivity contribution in [2.24, 2.45) is 11.7 Å². The minimum atomic E-state index is -0.470. The number of nitrogens with one attached hydrogen (secondary N) is 1. The van der Waals surface area contributed by atoms with Crippen LogP contribution in [0.2, 0.25) is 5.02 Å². The van der Waals surface area contributed by atoms with Gasteiger partial charge in [-0.3, -0.25) is 4.79 Å². The summed E-state index contributed by atoms with van der Waals surface area (Å²) < 4.78 is 0. The zero-order valence-corrected chi connectivity index (χ0v) is 11.5. The van der Waals surface area contributed by atoms with Crippen LogP contribution in [-0.2, 0) is 11.3 Å². The molecular weight excluding hydrogens is 259 g/mol. The summed E-state index contributed by atoms with van der Waals surface area (Å²) in [6.45, 7) is 4.25.